The van der Waals surface area contributed by atoms with Crippen molar-refractivity contribution in [2.24, 2.45) is 0 Å². The van der Waals surface area contributed by atoms with E-state index in [2.05, 4.69) is 12.2 Å². The molecule has 13 heavy (non-hydrogen) atoms. The van der Waals surface area contributed by atoms with Gasteiger partial charge in [0.2, 0.25) is 0 Å². The SMILES string of the molecule is [CH3][Rh]([CH3])([CH3])([CH3])([CH3])([Cl])([Cl])[C]1=CC=CC1. The predicted octanol–water partition coefficient (Wildman–Crippen LogP) is 5.68. The number of rotatable bonds is 1. The van der Waals surface area contributed by atoms with Gasteiger partial charge in [-0.3, -0.25) is 0 Å². The molecule has 0 N–H and O–H groups in total. The van der Waals surface area contributed by atoms with Crippen LogP contribution >= 0.6 is 19.4 Å². The molecule has 1 aliphatic rings. The van der Waals surface area contributed by atoms with E-state index in [4.69, 9.17) is 19.4 Å². The Morgan fingerprint density at radius 3 is 1.69 bits per heavy atom. The zero-order chi connectivity index (χ0) is 10.8. The second-order valence-electron chi connectivity index (χ2n) is 6.82. The molecule has 0 atom stereocenters. The van der Waals surface area contributed by atoms with Crippen molar-refractivity contribution < 1.29 is 8.09 Å². The van der Waals surface area contributed by atoms with Crippen LogP contribution in [0, 0.1) is 0 Å². The average Bonchev–Trinajstić information content (AvgIpc) is 1.97. The Labute approximate surface area is 83.6 Å². The molecular weight excluding hydrogens is 294 g/mol. The van der Waals surface area contributed by atoms with Gasteiger partial charge in [-0.1, -0.05) is 0 Å². The first-order chi connectivity index (χ1) is 5.00. The molecule has 0 aromatic rings. The molecule has 1 aliphatic carbocycles. The molecule has 0 amide bonds. The normalized spacial score (nSPS) is 29.6. The summed E-state index contributed by atoms with van der Waals surface area (Å²) in [6.45, 7) is 0. The van der Waals surface area contributed by atoms with Gasteiger partial charge in [-0.2, -0.15) is 0 Å². The molecule has 83 valence electrons. The Bertz CT molecular complexity index is 344. The Morgan fingerprint density at radius 1 is 1.08 bits per heavy atom. The van der Waals surface area contributed by atoms with Crippen molar-refractivity contribution in [2.75, 3.05) is 0 Å². The van der Waals surface area contributed by atoms with Crippen LogP contribution in [0.2, 0.25) is 27.6 Å². The van der Waals surface area contributed by atoms with E-state index in [-0.39, 0.29) is 0 Å². The van der Waals surface area contributed by atoms with Crippen LogP contribution < -0.4 is 0 Å². The summed E-state index contributed by atoms with van der Waals surface area (Å²) >= 11 is 0. The monoisotopic (exact) mass is 313 g/mol. The van der Waals surface area contributed by atoms with Crippen molar-refractivity contribution in [1.82, 2.24) is 0 Å². The molecule has 0 aromatic heterocycles. The van der Waals surface area contributed by atoms with E-state index < -0.39 is 8.09 Å². The summed E-state index contributed by atoms with van der Waals surface area (Å²) in [5, 5.41) is 0. The molecule has 0 nitrogen and oxygen atoms in total. The van der Waals surface area contributed by atoms with Crippen molar-refractivity contribution in [2.45, 2.75) is 34.0 Å². The van der Waals surface area contributed by atoms with Gasteiger partial charge < -0.3 is 0 Å². The minimum absolute atomic E-state index is 0.872. The van der Waals surface area contributed by atoms with Crippen LogP contribution in [0.3, 0.4) is 0 Å². The molecule has 0 aliphatic heterocycles. The average molecular weight is 314 g/mol. The second kappa shape index (κ2) is 1.36. The molecule has 0 heterocycles. The molecule has 0 fully saturated rings. The van der Waals surface area contributed by atoms with Crippen molar-refractivity contribution in [3.8, 4) is 0 Å². The molecule has 3 heteroatoms. The van der Waals surface area contributed by atoms with Crippen molar-refractivity contribution in [3.63, 3.8) is 0 Å². The fourth-order valence-corrected chi connectivity index (χ4v) is 6.08. The summed E-state index contributed by atoms with van der Waals surface area (Å²) in [6, 6.07) is 0. The van der Waals surface area contributed by atoms with Crippen molar-refractivity contribution in [3.05, 3.63) is 22.4 Å². The van der Waals surface area contributed by atoms with E-state index in [0.29, 0.717) is 0 Å². The number of hydrogen-bond acceptors (Lipinski definition) is 0. The quantitative estimate of drug-likeness (QED) is 0.547. The van der Waals surface area contributed by atoms with Gasteiger partial charge in [-0.25, -0.2) is 0 Å². The number of allylic oxidation sites excluding steroid dienone is 4. The van der Waals surface area contributed by atoms with Gasteiger partial charge in [0.25, 0.3) is 0 Å². The topological polar surface area (TPSA) is 0 Å². The first-order valence-corrected chi connectivity index (χ1v) is 17.0. The van der Waals surface area contributed by atoms with Crippen LogP contribution in [0.1, 0.15) is 6.42 Å². The fraction of sp³-hybridized carbons (Fsp3) is 0.600. The fourth-order valence-electron chi connectivity index (χ4n) is 1.12. The molecule has 0 bridgehead atoms. The number of halogens is 2. The summed E-state index contributed by atoms with van der Waals surface area (Å²) in [5.74, 6) is 0. The van der Waals surface area contributed by atoms with Crippen LogP contribution in [0.5, 0.6) is 0 Å². The third-order valence-corrected chi connectivity index (χ3v) is 10.5. The van der Waals surface area contributed by atoms with Crippen LogP contribution in [-0.4, -0.2) is 0 Å². The predicted molar refractivity (Wildman–Crippen MR) is 62.9 cm³/mol. The van der Waals surface area contributed by atoms with Gasteiger partial charge in [-0.05, 0) is 0 Å². The first-order valence-electron chi connectivity index (χ1n) is 3.80. The van der Waals surface area contributed by atoms with Crippen molar-refractivity contribution in [1.29, 1.82) is 0 Å². The minimum atomic E-state index is -4.59. The standard InChI is InChI=1S/C5H5.5CH3.2ClH.Rh/c1-2-4-5-3-1;;;;;;;;/h1-3H,4H2;5*1H3;2*1H;/q;;;;;;;;+2/p-2. The Balaban J connectivity index is 3.65. The molecular formula is C10H20Cl2Rh. The molecule has 0 unspecified atom stereocenters. The van der Waals surface area contributed by atoms with Gasteiger partial charge in [0, 0.05) is 0 Å². The zero-order valence-electron chi connectivity index (χ0n) is 9.03. The van der Waals surface area contributed by atoms with Gasteiger partial charge in [0.1, 0.15) is 0 Å². The molecule has 0 spiro atoms. The molecule has 0 aromatic carbocycles. The number of hydrogen-bond donors (Lipinski definition) is 0. The van der Waals surface area contributed by atoms with Crippen LogP contribution in [-0.2, 0) is 8.09 Å². The van der Waals surface area contributed by atoms with Gasteiger partial charge in [0.05, 0.1) is 0 Å². The first kappa shape index (κ1) is 11.8. The maximum atomic E-state index is 6.97. The van der Waals surface area contributed by atoms with E-state index in [9.17, 15) is 0 Å². The zero-order valence-corrected chi connectivity index (χ0v) is 12.2. The Hall–Kier alpha value is 0.683. The summed E-state index contributed by atoms with van der Waals surface area (Å²) in [6.07, 6.45) is 7.06. The van der Waals surface area contributed by atoms with Crippen molar-refractivity contribution >= 4 is 19.4 Å². The molecule has 0 saturated carbocycles. The third kappa shape index (κ3) is 3.08. The summed E-state index contributed by atoms with van der Waals surface area (Å²) in [4.78, 5) is 0. The molecule has 1 rings (SSSR count). The Morgan fingerprint density at radius 2 is 1.54 bits per heavy atom. The van der Waals surface area contributed by atoms with E-state index >= 15 is 0 Å². The molecule has 0 radical (unpaired) electrons. The van der Waals surface area contributed by atoms with Gasteiger partial charge in [0.15, 0.2) is 0 Å². The van der Waals surface area contributed by atoms with E-state index in [0.717, 1.165) is 10.6 Å². The summed E-state index contributed by atoms with van der Waals surface area (Å²) < 4.78 is 1.16. The van der Waals surface area contributed by atoms with Crippen LogP contribution in [0.25, 0.3) is 0 Å². The summed E-state index contributed by atoms with van der Waals surface area (Å²) in [7, 11) is 9.35. The van der Waals surface area contributed by atoms with E-state index in [1.807, 2.05) is 33.7 Å². The maximum absolute atomic E-state index is 6.97. The third-order valence-electron chi connectivity index (χ3n) is 1.94. The van der Waals surface area contributed by atoms with E-state index in [1.165, 1.54) is 0 Å². The molecule has 0 saturated heterocycles. The Kier molecular flexibility index (Phi) is 1.23. The summed E-state index contributed by atoms with van der Waals surface area (Å²) in [5.41, 5.74) is 10.1. The van der Waals surface area contributed by atoms with Crippen LogP contribution in [0.4, 0.5) is 0 Å². The van der Waals surface area contributed by atoms with Gasteiger partial charge in [-0.15, -0.1) is 0 Å². The van der Waals surface area contributed by atoms with E-state index in [1.54, 1.807) is 0 Å². The van der Waals surface area contributed by atoms with Crippen LogP contribution in [0.15, 0.2) is 22.4 Å². The second-order valence-corrected chi connectivity index (χ2v) is 54.1. The van der Waals surface area contributed by atoms with Gasteiger partial charge >= 0.3 is 83.9 Å².